The molecule has 1 aromatic heterocycles. The van der Waals surface area contributed by atoms with Crippen molar-refractivity contribution in [2.45, 2.75) is 6.54 Å². The van der Waals surface area contributed by atoms with Gasteiger partial charge in [0.05, 0.1) is 20.8 Å². The summed E-state index contributed by atoms with van der Waals surface area (Å²) < 4.78 is 10.5. The molecule has 1 heterocycles. The lowest BCUT2D eigenvalue weighted by molar-refractivity contribution is 0.355. The molecule has 5 nitrogen and oxygen atoms in total. The van der Waals surface area contributed by atoms with Crippen molar-refractivity contribution in [3.63, 3.8) is 0 Å². The first-order valence-corrected chi connectivity index (χ1v) is 7.37. The molecular weight excluding hydrogens is 286 g/mol. The Hall–Kier alpha value is -2.21. The van der Waals surface area contributed by atoms with Crippen LogP contribution in [0.3, 0.4) is 0 Å². The Labute approximate surface area is 128 Å². The van der Waals surface area contributed by atoms with Crippen molar-refractivity contribution in [3.05, 3.63) is 40.6 Å². The van der Waals surface area contributed by atoms with E-state index in [1.165, 1.54) is 4.88 Å². The predicted molar refractivity (Wildman–Crippen MR) is 87.7 cm³/mol. The number of hydrogen-bond donors (Lipinski definition) is 2. The largest absolute Gasteiger partial charge is 0.493 e. The van der Waals surface area contributed by atoms with Gasteiger partial charge in [-0.3, -0.25) is 4.99 Å². The van der Waals surface area contributed by atoms with Gasteiger partial charge in [0.1, 0.15) is 0 Å². The van der Waals surface area contributed by atoms with E-state index in [1.54, 1.807) is 32.6 Å². The number of anilines is 1. The third-order valence-corrected chi connectivity index (χ3v) is 3.76. The van der Waals surface area contributed by atoms with Gasteiger partial charge in [-0.2, -0.15) is 0 Å². The van der Waals surface area contributed by atoms with E-state index in [0.717, 1.165) is 12.2 Å². The van der Waals surface area contributed by atoms with Crippen LogP contribution in [0.4, 0.5) is 5.69 Å². The molecule has 0 fully saturated rings. The van der Waals surface area contributed by atoms with Gasteiger partial charge in [-0.05, 0) is 23.6 Å². The number of hydrogen-bond acceptors (Lipinski definition) is 4. The van der Waals surface area contributed by atoms with Gasteiger partial charge in [-0.15, -0.1) is 11.3 Å². The number of thiophene rings is 1. The Morgan fingerprint density at radius 2 is 2.00 bits per heavy atom. The van der Waals surface area contributed by atoms with Crippen LogP contribution in [0.15, 0.2) is 40.7 Å². The van der Waals surface area contributed by atoms with E-state index in [4.69, 9.17) is 9.47 Å². The summed E-state index contributed by atoms with van der Waals surface area (Å²) in [5, 5.41) is 8.55. The molecule has 0 aliphatic rings. The van der Waals surface area contributed by atoms with Gasteiger partial charge in [0.15, 0.2) is 17.5 Å². The molecule has 21 heavy (non-hydrogen) atoms. The van der Waals surface area contributed by atoms with Crippen LogP contribution in [0.5, 0.6) is 11.5 Å². The van der Waals surface area contributed by atoms with E-state index in [9.17, 15) is 0 Å². The van der Waals surface area contributed by atoms with E-state index in [-0.39, 0.29) is 0 Å². The summed E-state index contributed by atoms with van der Waals surface area (Å²) in [7, 11) is 4.97. The molecule has 0 bridgehead atoms. The van der Waals surface area contributed by atoms with Crippen LogP contribution in [-0.2, 0) is 6.54 Å². The zero-order chi connectivity index (χ0) is 15.1. The zero-order valence-corrected chi connectivity index (χ0v) is 13.2. The summed E-state index contributed by atoms with van der Waals surface area (Å²) in [6.07, 6.45) is 0. The molecule has 2 N–H and O–H groups in total. The third kappa shape index (κ3) is 4.13. The molecule has 2 aromatic rings. The van der Waals surface area contributed by atoms with Crippen molar-refractivity contribution >= 4 is 23.0 Å². The van der Waals surface area contributed by atoms with Crippen molar-refractivity contribution in [3.8, 4) is 11.5 Å². The van der Waals surface area contributed by atoms with Crippen LogP contribution in [0.2, 0.25) is 0 Å². The lowest BCUT2D eigenvalue weighted by Gasteiger charge is -2.13. The molecule has 6 heteroatoms. The maximum atomic E-state index is 5.29. The molecule has 0 aliphatic heterocycles. The number of benzene rings is 1. The highest BCUT2D eigenvalue weighted by molar-refractivity contribution is 7.09. The summed E-state index contributed by atoms with van der Waals surface area (Å²) in [5.41, 5.74) is 0.881. The van der Waals surface area contributed by atoms with Crippen molar-refractivity contribution in [1.82, 2.24) is 5.32 Å². The topological polar surface area (TPSA) is 54.9 Å². The number of nitrogens with one attached hydrogen (secondary N) is 2. The Morgan fingerprint density at radius 1 is 1.19 bits per heavy atom. The molecule has 0 amide bonds. The highest BCUT2D eigenvalue weighted by Crippen LogP contribution is 2.29. The van der Waals surface area contributed by atoms with Crippen LogP contribution in [0, 0.1) is 0 Å². The minimum atomic E-state index is 0.677. The average Bonchev–Trinajstić information content (AvgIpc) is 3.04. The second kappa shape index (κ2) is 7.54. The normalized spacial score (nSPS) is 11.1. The summed E-state index contributed by atoms with van der Waals surface area (Å²) in [6, 6.07) is 9.76. The molecule has 0 radical (unpaired) electrons. The van der Waals surface area contributed by atoms with Gasteiger partial charge >= 0.3 is 0 Å². The fourth-order valence-electron chi connectivity index (χ4n) is 1.81. The Bertz CT molecular complexity index is 597. The lowest BCUT2D eigenvalue weighted by atomic mass is 10.3. The average molecular weight is 305 g/mol. The number of ether oxygens (including phenoxy) is 2. The molecule has 0 unspecified atom stereocenters. The highest BCUT2D eigenvalue weighted by Gasteiger charge is 2.06. The quantitative estimate of drug-likeness (QED) is 0.659. The maximum absolute atomic E-state index is 5.29. The van der Waals surface area contributed by atoms with E-state index in [2.05, 4.69) is 27.1 Å². The molecule has 0 saturated carbocycles. The first kappa shape index (κ1) is 15.2. The van der Waals surface area contributed by atoms with Crippen molar-refractivity contribution in [2.75, 3.05) is 26.6 Å². The van der Waals surface area contributed by atoms with Gasteiger partial charge in [-0.25, -0.2) is 0 Å². The van der Waals surface area contributed by atoms with Crippen molar-refractivity contribution in [2.24, 2.45) is 4.99 Å². The van der Waals surface area contributed by atoms with Crippen molar-refractivity contribution < 1.29 is 9.47 Å². The maximum Gasteiger partial charge on any atom is 0.195 e. The molecule has 1 aromatic carbocycles. The highest BCUT2D eigenvalue weighted by atomic mass is 32.1. The van der Waals surface area contributed by atoms with Crippen LogP contribution in [0.1, 0.15) is 4.88 Å². The number of aliphatic imine (C=N–C) groups is 1. The summed E-state index contributed by atoms with van der Waals surface area (Å²) in [4.78, 5) is 5.46. The lowest BCUT2D eigenvalue weighted by Crippen LogP contribution is -2.29. The predicted octanol–water partition coefficient (Wildman–Crippen LogP) is 2.95. The van der Waals surface area contributed by atoms with Crippen LogP contribution in [-0.4, -0.2) is 27.2 Å². The SMILES string of the molecule is CN=C(NCc1cccs1)Nc1ccc(OC)c(OC)c1. The van der Waals surface area contributed by atoms with Crippen LogP contribution >= 0.6 is 11.3 Å². The second-order valence-electron chi connectivity index (χ2n) is 4.20. The van der Waals surface area contributed by atoms with E-state index < -0.39 is 0 Å². The molecular formula is C15H19N3O2S. The Kier molecular flexibility index (Phi) is 5.45. The van der Waals surface area contributed by atoms with Gasteiger partial charge in [-0.1, -0.05) is 6.07 Å². The fourth-order valence-corrected chi connectivity index (χ4v) is 2.46. The Morgan fingerprint density at radius 3 is 2.62 bits per heavy atom. The van der Waals surface area contributed by atoms with E-state index in [1.807, 2.05) is 24.3 Å². The summed E-state index contributed by atoms with van der Waals surface area (Å²) in [5.74, 6) is 2.08. The number of nitrogens with zero attached hydrogens (tertiary/aromatic N) is 1. The zero-order valence-electron chi connectivity index (χ0n) is 12.3. The number of rotatable bonds is 5. The Balaban J connectivity index is 2.01. The van der Waals surface area contributed by atoms with E-state index in [0.29, 0.717) is 17.5 Å². The second-order valence-corrected chi connectivity index (χ2v) is 5.23. The molecule has 0 spiro atoms. The number of guanidine groups is 1. The standard InChI is InChI=1S/C15H19N3O2S/c1-16-15(17-10-12-5-4-8-21-12)18-11-6-7-13(19-2)14(9-11)20-3/h4-9H,10H2,1-3H3,(H2,16,17,18). The first-order chi connectivity index (χ1) is 10.3. The molecule has 0 aliphatic carbocycles. The molecule has 2 rings (SSSR count). The smallest absolute Gasteiger partial charge is 0.195 e. The minimum Gasteiger partial charge on any atom is -0.493 e. The van der Waals surface area contributed by atoms with Crippen LogP contribution < -0.4 is 20.1 Å². The summed E-state index contributed by atoms with van der Waals surface area (Å²) in [6.45, 7) is 0.741. The molecule has 0 atom stereocenters. The van der Waals surface area contributed by atoms with Gasteiger partial charge in [0, 0.05) is 23.7 Å². The molecule has 0 saturated heterocycles. The fraction of sp³-hybridized carbons (Fsp3) is 0.267. The van der Waals surface area contributed by atoms with E-state index >= 15 is 0 Å². The van der Waals surface area contributed by atoms with Gasteiger partial charge in [0.2, 0.25) is 0 Å². The number of methoxy groups -OCH3 is 2. The first-order valence-electron chi connectivity index (χ1n) is 6.49. The third-order valence-electron chi connectivity index (χ3n) is 2.88. The molecule has 112 valence electrons. The monoisotopic (exact) mass is 305 g/mol. The van der Waals surface area contributed by atoms with Crippen molar-refractivity contribution in [1.29, 1.82) is 0 Å². The summed E-state index contributed by atoms with van der Waals surface area (Å²) >= 11 is 1.71. The van der Waals surface area contributed by atoms with Crippen LogP contribution in [0.25, 0.3) is 0 Å². The van der Waals surface area contributed by atoms with Gasteiger partial charge < -0.3 is 20.1 Å². The minimum absolute atomic E-state index is 0.677. The van der Waals surface area contributed by atoms with Gasteiger partial charge in [0.25, 0.3) is 0 Å².